The van der Waals surface area contributed by atoms with E-state index in [1.165, 1.54) is 0 Å². The summed E-state index contributed by atoms with van der Waals surface area (Å²) in [6, 6.07) is 18.3. The lowest BCUT2D eigenvalue weighted by molar-refractivity contribution is -0.147. The Morgan fingerprint density at radius 3 is 2.16 bits per heavy atom. The molecule has 1 atom stereocenters. The molecule has 0 saturated heterocycles. The standard InChI is InChI=1S/C16H14O3/c17-11-15(14-9-5-2-6-10-14)16(18)19-12-13-7-3-1-4-8-13/h1-11,15H,12H2. The molecule has 2 aromatic carbocycles. The van der Waals surface area contributed by atoms with E-state index in [9.17, 15) is 9.59 Å². The maximum atomic E-state index is 11.9. The number of hydrogen-bond acceptors (Lipinski definition) is 3. The molecule has 0 bridgehead atoms. The van der Waals surface area contributed by atoms with Crippen molar-refractivity contribution in [1.29, 1.82) is 0 Å². The molecule has 0 aromatic heterocycles. The Bertz CT molecular complexity index is 534. The molecule has 0 N–H and O–H groups in total. The quantitative estimate of drug-likeness (QED) is 0.468. The summed E-state index contributed by atoms with van der Waals surface area (Å²) in [7, 11) is 0. The lowest BCUT2D eigenvalue weighted by atomic mass is 10.0. The van der Waals surface area contributed by atoms with E-state index in [0.29, 0.717) is 11.8 Å². The van der Waals surface area contributed by atoms with E-state index in [-0.39, 0.29) is 6.61 Å². The fraction of sp³-hybridized carbons (Fsp3) is 0.125. The molecule has 0 aliphatic carbocycles. The fourth-order valence-electron chi connectivity index (χ4n) is 1.75. The van der Waals surface area contributed by atoms with Gasteiger partial charge in [0, 0.05) is 0 Å². The maximum Gasteiger partial charge on any atom is 0.321 e. The van der Waals surface area contributed by atoms with Crippen molar-refractivity contribution in [3.63, 3.8) is 0 Å². The Balaban J connectivity index is 2.00. The molecule has 0 saturated carbocycles. The van der Waals surface area contributed by atoms with Gasteiger partial charge in [0.15, 0.2) is 0 Å². The third-order valence-electron chi connectivity index (χ3n) is 2.77. The molecule has 0 aliphatic rings. The van der Waals surface area contributed by atoms with Crippen molar-refractivity contribution >= 4 is 12.3 Å². The highest BCUT2D eigenvalue weighted by Crippen LogP contribution is 2.15. The molecule has 3 nitrogen and oxygen atoms in total. The Morgan fingerprint density at radius 2 is 1.58 bits per heavy atom. The molecule has 19 heavy (non-hydrogen) atoms. The number of ether oxygens (including phenoxy) is 1. The second kappa shape index (κ2) is 6.50. The zero-order valence-corrected chi connectivity index (χ0v) is 10.4. The fourth-order valence-corrected chi connectivity index (χ4v) is 1.75. The van der Waals surface area contributed by atoms with Gasteiger partial charge in [-0.05, 0) is 11.1 Å². The highest BCUT2D eigenvalue weighted by atomic mass is 16.5. The average Bonchev–Trinajstić information content (AvgIpc) is 2.48. The number of carbonyl (C=O) groups is 2. The van der Waals surface area contributed by atoms with Crippen LogP contribution >= 0.6 is 0 Å². The lowest BCUT2D eigenvalue weighted by Gasteiger charge is -2.10. The summed E-state index contributed by atoms with van der Waals surface area (Å²) in [5.41, 5.74) is 1.55. The van der Waals surface area contributed by atoms with E-state index in [0.717, 1.165) is 5.56 Å². The first-order valence-electron chi connectivity index (χ1n) is 6.02. The lowest BCUT2D eigenvalue weighted by Crippen LogP contribution is -2.17. The topological polar surface area (TPSA) is 43.4 Å². The number of esters is 1. The minimum Gasteiger partial charge on any atom is -0.460 e. The highest BCUT2D eigenvalue weighted by molar-refractivity contribution is 5.94. The Kier molecular flexibility index (Phi) is 4.45. The van der Waals surface area contributed by atoms with Gasteiger partial charge in [0.25, 0.3) is 0 Å². The first-order chi connectivity index (χ1) is 9.31. The van der Waals surface area contributed by atoms with Crippen LogP contribution in [-0.4, -0.2) is 12.3 Å². The summed E-state index contributed by atoms with van der Waals surface area (Å²) < 4.78 is 5.17. The van der Waals surface area contributed by atoms with Crippen molar-refractivity contribution in [2.75, 3.05) is 0 Å². The summed E-state index contributed by atoms with van der Waals surface area (Å²) in [6.07, 6.45) is 0.614. The molecule has 0 aliphatic heterocycles. The van der Waals surface area contributed by atoms with Crippen LogP contribution in [0.3, 0.4) is 0 Å². The summed E-state index contributed by atoms with van der Waals surface area (Å²) in [4.78, 5) is 23.0. The minimum atomic E-state index is -0.857. The Morgan fingerprint density at radius 1 is 1.00 bits per heavy atom. The van der Waals surface area contributed by atoms with Gasteiger partial charge < -0.3 is 9.53 Å². The van der Waals surface area contributed by atoms with Crippen LogP contribution in [0, 0.1) is 0 Å². The van der Waals surface area contributed by atoms with Crippen molar-refractivity contribution < 1.29 is 14.3 Å². The van der Waals surface area contributed by atoms with Crippen molar-refractivity contribution in [3.8, 4) is 0 Å². The van der Waals surface area contributed by atoms with Gasteiger partial charge in [-0.3, -0.25) is 4.79 Å². The molecule has 3 heteroatoms. The molecular formula is C16H14O3. The number of carbonyl (C=O) groups excluding carboxylic acids is 2. The molecule has 2 aromatic rings. The number of benzene rings is 2. The third-order valence-corrected chi connectivity index (χ3v) is 2.77. The summed E-state index contributed by atoms with van der Waals surface area (Å²) >= 11 is 0. The number of hydrogen-bond donors (Lipinski definition) is 0. The molecule has 0 amide bonds. The van der Waals surface area contributed by atoms with Crippen LogP contribution in [0.15, 0.2) is 60.7 Å². The van der Waals surface area contributed by atoms with Crippen LogP contribution in [0.4, 0.5) is 0 Å². The van der Waals surface area contributed by atoms with E-state index >= 15 is 0 Å². The maximum absolute atomic E-state index is 11.9. The van der Waals surface area contributed by atoms with Gasteiger partial charge >= 0.3 is 5.97 Å². The Hall–Kier alpha value is -2.42. The second-order valence-corrected chi connectivity index (χ2v) is 4.12. The van der Waals surface area contributed by atoms with Crippen LogP contribution in [0.5, 0.6) is 0 Å². The van der Waals surface area contributed by atoms with E-state index in [1.807, 2.05) is 36.4 Å². The highest BCUT2D eigenvalue weighted by Gasteiger charge is 2.21. The third kappa shape index (κ3) is 3.52. The summed E-state index contributed by atoms with van der Waals surface area (Å²) in [5, 5.41) is 0. The van der Waals surface area contributed by atoms with E-state index < -0.39 is 11.9 Å². The predicted molar refractivity (Wildman–Crippen MR) is 71.5 cm³/mol. The van der Waals surface area contributed by atoms with Crippen LogP contribution in [-0.2, 0) is 20.9 Å². The smallest absolute Gasteiger partial charge is 0.321 e. The zero-order chi connectivity index (χ0) is 13.5. The average molecular weight is 254 g/mol. The van der Waals surface area contributed by atoms with E-state index in [4.69, 9.17) is 4.74 Å². The SMILES string of the molecule is O=CC(C(=O)OCc1ccccc1)c1ccccc1. The molecule has 1 unspecified atom stereocenters. The molecule has 0 fully saturated rings. The van der Waals surface area contributed by atoms with E-state index in [2.05, 4.69) is 0 Å². The minimum absolute atomic E-state index is 0.177. The molecule has 0 radical (unpaired) electrons. The largest absolute Gasteiger partial charge is 0.460 e. The summed E-state index contributed by atoms with van der Waals surface area (Å²) in [5.74, 6) is -1.38. The van der Waals surface area contributed by atoms with Gasteiger partial charge in [-0.15, -0.1) is 0 Å². The first kappa shape index (κ1) is 13.0. The van der Waals surface area contributed by atoms with Gasteiger partial charge in [0.1, 0.15) is 18.8 Å². The van der Waals surface area contributed by atoms with Gasteiger partial charge in [-0.1, -0.05) is 60.7 Å². The molecule has 0 spiro atoms. The van der Waals surface area contributed by atoms with E-state index in [1.54, 1.807) is 24.3 Å². The molecule has 0 heterocycles. The predicted octanol–water partition coefficient (Wildman–Crippen LogP) is 2.71. The number of aldehydes is 1. The van der Waals surface area contributed by atoms with Crippen LogP contribution < -0.4 is 0 Å². The molecule has 2 rings (SSSR count). The normalized spacial score (nSPS) is 11.6. The Labute approximate surface area is 111 Å². The number of rotatable bonds is 5. The summed E-state index contributed by atoms with van der Waals surface area (Å²) in [6.45, 7) is 0.177. The van der Waals surface area contributed by atoms with Gasteiger partial charge in [0.05, 0.1) is 0 Å². The van der Waals surface area contributed by atoms with Crippen LogP contribution in [0.1, 0.15) is 17.0 Å². The van der Waals surface area contributed by atoms with Gasteiger partial charge in [-0.2, -0.15) is 0 Å². The van der Waals surface area contributed by atoms with Crippen molar-refractivity contribution in [3.05, 3.63) is 71.8 Å². The molecule has 96 valence electrons. The second-order valence-electron chi connectivity index (χ2n) is 4.12. The van der Waals surface area contributed by atoms with Crippen molar-refractivity contribution in [1.82, 2.24) is 0 Å². The van der Waals surface area contributed by atoms with Gasteiger partial charge in [-0.25, -0.2) is 0 Å². The monoisotopic (exact) mass is 254 g/mol. The van der Waals surface area contributed by atoms with Crippen molar-refractivity contribution in [2.45, 2.75) is 12.5 Å². The first-order valence-corrected chi connectivity index (χ1v) is 6.02. The van der Waals surface area contributed by atoms with Gasteiger partial charge in [0.2, 0.25) is 0 Å². The zero-order valence-electron chi connectivity index (χ0n) is 10.4. The van der Waals surface area contributed by atoms with Crippen molar-refractivity contribution in [2.24, 2.45) is 0 Å². The van der Waals surface area contributed by atoms with Crippen LogP contribution in [0.2, 0.25) is 0 Å². The molecular weight excluding hydrogens is 240 g/mol. The van der Waals surface area contributed by atoms with Crippen LogP contribution in [0.25, 0.3) is 0 Å².